The third-order valence-corrected chi connectivity index (χ3v) is 5.96. The maximum absolute atomic E-state index is 13.3. The van der Waals surface area contributed by atoms with Crippen LogP contribution >= 0.6 is 11.8 Å². The molecule has 2 heterocycles. The molecule has 10 nitrogen and oxygen atoms in total. The number of carbonyl (C=O) groups excluding carboxylic acids is 2. The first-order valence-electron chi connectivity index (χ1n) is 10.8. The SMILES string of the molecule is CN(C)c1ccc(/C=C2/N=C(SCC(=O)Nc3c[n+](N(C)C)no3)N(c3ccccc3)C2=O)cc1. The molecule has 2 aromatic carbocycles. The molecular formula is C24H26N7O3S+. The fourth-order valence-corrected chi connectivity index (χ4v) is 4.02. The summed E-state index contributed by atoms with van der Waals surface area (Å²) >= 11 is 1.17. The van der Waals surface area contributed by atoms with Crippen LogP contribution in [-0.2, 0) is 9.59 Å². The molecule has 0 saturated heterocycles. The topological polar surface area (TPSA) is 98.2 Å². The van der Waals surface area contributed by atoms with Gasteiger partial charge in [0.1, 0.15) is 5.70 Å². The fourth-order valence-electron chi connectivity index (χ4n) is 3.21. The van der Waals surface area contributed by atoms with Gasteiger partial charge in [0.05, 0.1) is 30.3 Å². The van der Waals surface area contributed by atoms with E-state index in [0.717, 1.165) is 11.3 Å². The molecular weight excluding hydrogens is 466 g/mol. The predicted octanol–water partition coefficient (Wildman–Crippen LogP) is 2.34. The van der Waals surface area contributed by atoms with Gasteiger partial charge >= 0.3 is 5.88 Å². The number of amidine groups is 1. The Bertz CT molecular complexity index is 1270. The second-order valence-corrected chi connectivity index (χ2v) is 9.00. The summed E-state index contributed by atoms with van der Waals surface area (Å²) in [5, 5.41) is 8.56. The van der Waals surface area contributed by atoms with Gasteiger partial charge in [-0.05, 0) is 35.9 Å². The van der Waals surface area contributed by atoms with Gasteiger partial charge in [0.25, 0.3) is 12.1 Å². The van der Waals surface area contributed by atoms with Crippen molar-refractivity contribution in [2.45, 2.75) is 0 Å². The van der Waals surface area contributed by atoms with Crippen LogP contribution in [0.3, 0.4) is 0 Å². The van der Waals surface area contributed by atoms with E-state index in [1.165, 1.54) is 21.5 Å². The molecule has 0 saturated carbocycles. The minimum absolute atomic E-state index is 0.0307. The first-order valence-corrected chi connectivity index (χ1v) is 11.8. The van der Waals surface area contributed by atoms with Crippen LogP contribution in [0.1, 0.15) is 5.56 Å². The van der Waals surface area contributed by atoms with E-state index >= 15 is 0 Å². The van der Waals surface area contributed by atoms with Gasteiger partial charge < -0.3 is 4.90 Å². The zero-order chi connectivity index (χ0) is 24.9. The Balaban J connectivity index is 1.53. The molecule has 35 heavy (non-hydrogen) atoms. The maximum atomic E-state index is 13.3. The summed E-state index contributed by atoms with van der Waals surface area (Å²) in [6.45, 7) is 0. The van der Waals surface area contributed by atoms with E-state index in [1.54, 1.807) is 31.4 Å². The van der Waals surface area contributed by atoms with Crippen molar-refractivity contribution in [3.63, 3.8) is 0 Å². The van der Waals surface area contributed by atoms with E-state index in [0.29, 0.717) is 16.6 Å². The van der Waals surface area contributed by atoms with Gasteiger partial charge in [0.2, 0.25) is 11.2 Å². The number of aromatic nitrogens is 2. The van der Waals surface area contributed by atoms with Crippen molar-refractivity contribution in [2.24, 2.45) is 4.99 Å². The number of nitrogens with one attached hydrogen (secondary N) is 1. The van der Waals surface area contributed by atoms with E-state index in [-0.39, 0.29) is 23.5 Å². The maximum Gasteiger partial charge on any atom is 0.305 e. The Morgan fingerprint density at radius 1 is 1.11 bits per heavy atom. The molecule has 0 aliphatic carbocycles. The summed E-state index contributed by atoms with van der Waals surface area (Å²) < 4.78 is 5.11. The van der Waals surface area contributed by atoms with Gasteiger partial charge in [-0.15, -0.1) is 0 Å². The van der Waals surface area contributed by atoms with Crippen molar-refractivity contribution < 1.29 is 18.9 Å². The van der Waals surface area contributed by atoms with Crippen LogP contribution in [0.15, 0.2) is 76.0 Å². The number of anilines is 3. The molecule has 4 rings (SSSR count). The number of aliphatic imine (C=N–C) groups is 1. The van der Waals surface area contributed by atoms with Crippen molar-refractivity contribution in [3.05, 3.63) is 72.1 Å². The highest BCUT2D eigenvalue weighted by Crippen LogP contribution is 2.29. The average Bonchev–Trinajstić information content (AvgIpc) is 3.43. The summed E-state index contributed by atoms with van der Waals surface area (Å²) in [6, 6.07) is 17.1. The number of thioether (sulfide) groups is 1. The van der Waals surface area contributed by atoms with Gasteiger partial charge in [-0.2, -0.15) is 5.01 Å². The minimum Gasteiger partial charge on any atom is -0.378 e. The Hall–Kier alpha value is -4.12. The summed E-state index contributed by atoms with van der Waals surface area (Å²) in [5.74, 6) is -0.312. The number of hydrogen-bond acceptors (Lipinski definition) is 8. The molecule has 180 valence electrons. The lowest BCUT2D eigenvalue weighted by molar-refractivity contribution is -0.753. The van der Waals surface area contributed by atoms with Crippen LogP contribution in [0.2, 0.25) is 0 Å². The highest BCUT2D eigenvalue weighted by atomic mass is 32.2. The second-order valence-electron chi connectivity index (χ2n) is 8.06. The molecule has 0 fully saturated rings. The van der Waals surface area contributed by atoms with Crippen LogP contribution in [0.25, 0.3) is 6.08 Å². The standard InChI is InChI=1S/C24H25N7O3S/c1-28(2)18-12-10-17(11-13-18)14-20-23(33)31(19-8-6-5-7-9-19)24(25-20)35-16-21(32)26-22-15-30(27-34-22)29(3)4/h5-15H,16H2,1-4H3/p+1/b20-14+. The van der Waals surface area contributed by atoms with Crippen molar-refractivity contribution in [3.8, 4) is 0 Å². The van der Waals surface area contributed by atoms with E-state index in [1.807, 2.05) is 73.6 Å². The highest BCUT2D eigenvalue weighted by molar-refractivity contribution is 8.14. The third-order valence-electron chi connectivity index (χ3n) is 5.02. The number of rotatable bonds is 7. The van der Waals surface area contributed by atoms with Crippen molar-refractivity contribution in [1.29, 1.82) is 0 Å². The Morgan fingerprint density at radius 2 is 1.83 bits per heavy atom. The molecule has 3 aromatic rings. The van der Waals surface area contributed by atoms with E-state index in [2.05, 4.69) is 15.6 Å². The molecule has 1 N–H and O–H groups in total. The van der Waals surface area contributed by atoms with Gasteiger partial charge in [-0.3, -0.25) is 24.3 Å². The summed E-state index contributed by atoms with van der Waals surface area (Å²) in [4.78, 5) is 35.3. The van der Waals surface area contributed by atoms with Gasteiger partial charge in [0, 0.05) is 19.8 Å². The van der Waals surface area contributed by atoms with Gasteiger partial charge in [0.15, 0.2) is 5.17 Å². The summed E-state index contributed by atoms with van der Waals surface area (Å²) in [7, 11) is 7.52. The Labute approximate surface area is 207 Å². The van der Waals surface area contributed by atoms with E-state index < -0.39 is 0 Å². The van der Waals surface area contributed by atoms with Crippen LogP contribution in [0, 0.1) is 0 Å². The lowest BCUT2D eigenvalue weighted by atomic mass is 10.1. The molecule has 11 heteroatoms. The summed E-state index contributed by atoms with van der Waals surface area (Å²) in [6.07, 6.45) is 3.30. The Morgan fingerprint density at radius 3 is 2.46 bits per heavy atom. The predicted molar refractivity (Wildman–Crippen MR) is 138 cm³/mol. The zero-order valence-electron chi connectivity index (χ0n) is 19.9. The van der Waals surface area contributed by atoms with Crippen molar-refractivity contribution in [2.75, 3.05) is 54.1 Å². The monoisotopic (exact) mass is 492 g/mol. The fraction of sp³-hybridized carbons (Fsp3) is 0.208. The number of carbonyl (C=O) groups is 2. The minimum atomic E-state index is -0.308. The normalized spacial score (nSPS) is 14.3. The molecule has 0 spiro atoms. The largest absolute Gasteiger partial charge is 0.378 e. The lowest BCUT2D eigenvalue weighted by Gasteiger charge is -2.17. The molecule has 1 aliphatic heterocycles. The smallest absolute Gasteiger partial charge is 0.305 e. The molecule has 1 aromatic heterocycles. The number of hydrogen-bond donors (Lipinski definition) is 1. The third kappa shape index (κ3) is 5.69. The number of nitrogens with zero attached hydrogens (tertiary/aromatic N) is 6. The molecule has 2 amide bonds. The van der Waals surface area contributed by atoms with E-state index in [4.69, 9.17) is 4.52 Å². The lowest BCUT2D eigenvalue weighted by Crippen LogP contribution is -2.53. The Kier molecular flexibility index (Phi) is 7.16. The van der Waals surface area contributed by atoms with Crippen LogP contribution in [-0.4, -0.2) is 56.2 Å². The van der Waals surface area contributed by atoms with Crippen LogP contribution in [0.4, 0.5) is 17.3 Å². The molecule has 0 bridgehead atoms. The number of para-hydroxylation sites is 1. The highest BCUT2D eigenvalue weighted by Gasteiger charge is 2.32. The van der Waals surface area contributed by atoms with Crippen molar-refractivity contribution in [1.82, 2.24) is 5.27 Å². The molecule has 0 radical (unpaired) electrons. The summed E-state index contributed by atoms with van der Waals surface area (Å²) in [5.41, 5.74) is 2.90. The van der Waals surface area contributed by atoms with Gasteiger partial charge in [-0.1, -0.05) is 42.1 Å². The first kappa shape index (κ1) is 24.0. The van der Waals surface area contributed by atoms with Crippen LogP contribution < -0.4 is 24.9 Å². The number of amides is 2. The molecule has 1 aliphatic rings. The molecule has 0 unspecified atom stereocenters. The van der Waals surface area contributed by atoms with Gasteiger partial charge in [-0.25, -0.2) is 4.99 Å². The second kappa shape index (κ2) is 10.4. The quantitative estimate of drug-likeness (QED) is 0.399. The number of benzene rings is 2. The zero-order valence-corrected chi connectivity index (χ0v) is 20.7. The van der Waals surface area contributed by atoms with E-state index in [9.17, 15) is 9.59 Å². The van der Waals surface area contributed by atoms with Crippen LogP contribution in [0.5, 0.6) is 0 Å². The first-order chi connectivity index (χ1) is 16.8. The average molecular weight is 493 g/mol. The molecule has 0 atom stereocenters. The van der Waals surface area contributed by atoms with Crippen molar-refractivity contribution >= 4 is 52.1 Å².